The Bertz CT molecular complexity index is 759. The van der Waals surface area contributed by atoms with E-state index in [1.807, 2.05) is 60.7 Å². The van der Waals surface area contributed by atoms with Crippen molar-refractivity contribution in [2.45, 2.75) is 6.92 Å². The molecule has 1 aromatic heterocycles. The second-order valence-electron chi connectivity index (χ2n) is 5.03. The van der Waals surface area contributed by atoms with Crippen molar-refractivity contribution in [3.8, 4) is 0 Å². The van der Waals surface area contributed by atoms with Gasteiger partial charge in [-0.3, -0.25) is 0 Å². The predicted molar refractivity (Wildman–Crippen MR) is 95.3 cm³/mol. The smallest absolute Gasteiger partial charge is 0.161 e. The van der Waals surface area contributed by atoms with Crippen molar-refractivity contribution in [2.75, 3.05) is 22.5 Å². The maximum Gasteiger partial charge on any atom is 0.161 e. The van der Waals surface area contributed by atoms with Gasteiger partial charge in [-0.2, -0.15) is 0 Å². The Labute approximate surface area is 135 Å². The van der Waals surface area contributed by atoms with Crippen molar-refractivity contribution in [3.05, 3.63) is 67.0 Å². The summed E-state index contributed by atoms with van der Waals surface area (Å²) in [5, 5.41) is 3.24. The minimum atomic E-state index is 0.530. The molecule has 5 nitrogen and oxygen atoms in total. The Balaban J connectivity index is 1.96. The standard InChI is InChI=1S/C18H19N5/c1-2-23(15-11-7-4-8-12-15)18-16(19)17(20-13-21-18)22-14-9-5-3-6-10-14/h3-13H,2,19H2,1H3,(H,20,21,22). The zero-order chi connectivity index (χ0) is 16.1. The van der Waals surface area contributed by atoms with Crippen LogP contribution in [0.1, 0.15) is 6.92 Å². The number of hydrogen-bond acceptors (Lipinski definition) is 5. The van der Waals surface area contributed by atoms with Crippen molar-refractivity contribution >= 4 is 28.7 Å². The molecule has 0 aliphatic heterocycles. The lowest BCUT2D eigenvalue weighted by atomic mass is 10.2. The minimum Gasteiger partial charge on any atom is -0.393 e. The topological polar surface area (TPSA) is 67.1 Å². The molecule has 3 aromatic rings. The first kappa shape index (κ1) is 14.8. The molecule has 0 aliphatic carbocycles. The zero-order valence-corrected chi connectivity index (χ0v) is 13.0. The van der Waals surface area contributed by atoms with Crippen LogP contribution in [0.25, 0.3) is 0 Å². The molecular weight excluding hydrogens is 286 g/mol. The first-order valence-electron chi connectivity index (χ1n) is 7.54. The van der Waals surface area contributed by atoms with Crippen LogP contribution < -0.4 is 16.0 Å². The van der Waals surface area contributed by atoms with Gasteiger partial charge in [-0.1, -0.05) is 36.4 Å². The SMILES string of the molecule is CCN(c1ccccc1)c1ncnc(Nc2ccccc2)c1N. The highest BCUT2D eigenvalue weighted by Crippen LogP contribution is 2.32. The van der Waals surface area contributed by atoms with E-state index in [9.17, 15) is 0 Å². The molecule has 0 unspecified atom stereocenters. The first-order chi connectivity index (χ1) is 11.3. The summed E-state index contributed by atoms with van der Waals surface area (Å²) in [7, 11) is 0. The number of benzene rings is 2. The van der Waals surface area contributed by atoms with Gasteiger partial charge in [0.25, 0.3) is 0 Å². The van der Waals surface area contributed by atoms with Gasteiger partial charge < -0.3 is 16.0 Å². The molecule has 3 N–H and O–H groups in total. The molecule has 0 saturated carbocycles. The number of anilines is 5. The molecule has 0 aliphatic rings. The summed E-state index contributed by atoms with van der Waals surface area (Å²) in [4.78, 5) is 10.7. The van der Waals surface area contributed by atoms with Gasteiger partial charge in [0, 0.05) is 17.9 Å². The van der Waals surface area contributed by atoms with E-state index in [1.165, 1.54) is 6.33 Å². The monoisotopic (exact) mass is 305 g/mol. The number of nitrogens with two attached hydrogens (primary N) is 1. The molecule has 0 amide bonds. The molecule has 0 bridgehead atoms. The maximum absolute atomic E-state index is 6.32. The lowest BCUT2D eigenvalue weighted by Gasteiger charge is -2.24. The van der Waals surface area contributed by atoms with Crippen LogP contribution in [0.3, 0.4) is 0 Å². The van der Waals surface area contributed by atoms with Gasteiger partial charge in [-0.25, -0.2) is 9.97 Å². The van der Waals surface area contributed by atoms with Crippen molar-refractivity contribution in [1.82, 2.24) is 9.97 Å². The number of hydrogen-bond donors (Lipinski definition) is 2. The largest absolute Gasteiger partial charge is 0.393 e. The van der Waals surface area contributed by atoms with E-state index in [1.54, 1.807) is 0 Å². The molecule has 2 aromatic carbocycles. The van der Waals surface area contributed by atoms with Crippen molar-refractivity contribution in [3.63, 3.8) is 0 Å². The second-order valence-corrected chi connectivity index (χ2v) is 5.03. The molecule has 116 valence electrons. The Morgan fingerprint density at radius 3 is 2.26 bits per heavy atom. The van der Waals surface area contributed by atoms with E-state index in [4.69, 9.17) is 5.73 Å². The zero-order valence-electron chi connectivity index (χ0n) is 13.0. The van der Waals surface area contributed by atoms with Gasteiger partial charge in [0.1, 0.15) is 12.0 Å². The third-order valence-corrected chi connectivity index (χ3v) is 3.54. The Morgan fingerprint density at radius 1 is 0.957 bits per heavy atom. The van der Waals surface area contributed by atoms with Crippen molar-refractivity contribution < 1.29 is 0 Å². The highest BCUT2D eigenvalue weighted by Gasteiger charge is 2.15. The van der Waals surface area contributed by atoms with E-state index in [0.717, 1.165) is 17.9 Å². The van der Waals surface area contributed by atoms with Gasteiger partial charge in [-0.05, 0) is 31.2 Å². The Morgan fingerprint density at radius 2 is 1.61 bits per heavy atom. The van der Waals surface area contributed by atoms with Crippen LogP contribution in [0.5, 0.6) is 0 Å². The predicted octanol–water partition coefficient (Wildman–Crippen LogP) is 3.96. The van der Waals surface area contributed by atoms with Gasteiger partial charge in [0.2, 0.25) is 0 Å². The van der Waals surface area contributed by atoms with Crippen LogP contribution in [-0.2, 0) is 0 Å². The van der Waals surface area contributed by atoms with Crippen LogP contribution in [0.4, 0.5) is 28.7 Å². The van der Waals surface area contributed by atoms with Crippen LogP contribution in [0.15, 0.2) is 67.0 Å². The fraction of sp³-hybridized carbons (Fsp3) is 0.111. The van der Waals surface area contributed by atoms with Crippen LogP contribution in [0.2, 0.25) is 0 Å². The van der Waals surface area contributed by atoms with Crippen LogP contribution in [0, 0.1) is 0 Å². The molecule has 23 heavy (non-hydrogen) atoms. The molecular formula is C18H19N5. The average Bonchev–Trinajstić information content (AvgIpc) is 2.61. The number of aromatic nitrogens is 2. The summed E-state index contributed by atoms with van der Waals surface area (Å²) in [5.41, 5.74) is 8.83. The highest BCUT2D eigenvalue weighted by atomic mass is 15.2. The summed E-state index contributed by atoms with van der Waals surface area (Å²) in [6.07, 6.45) is 1.53. The number of rotatable bonds is 5. The molecule has 3 rings (SSSR count). The van der Waals surface area contributed by atoms with Crippen molar-refractivity contribution in [1.29, 1.82) is 0 Å². The Kier molecular flexibility index (Phi) is 4.38. The number of nitrogens with zero attached hydrogens (tertiary/aromatic N) is 3. The van der Waals surface area contributed by atoms with Crippen LogP contribution >= 0.6 is 0 Å². The third kappa shape index (κ3) is 3.23. The molecule has 0 radical (unpaired) electrons. The normalized spacial score (nSPS) is 10.3. The molecule has 5 heteroatoms. The van der Waals surface area contributed by atoms with E-state index in [0.29, 0.717) is 17.3 Å². The van der Waals surface area contributed by atoms with Crippen molar-refractivity contribution in [2.24, 2.45) is 0 Å². The lowest BCUT2D eigenvalue weighted by molar-refractivity contribution is 0.980. The highest BCUT2D eigenvalue weighted by molar-refractivity contribution is 5.81. The fourth-order valence-corrected chi connectivity index (χ4v) is 2.42. The molecule has 0 saturated heterocycles. The number of nitrogens with one attached hydrogen (secondary N) is 1. The summed E-state index contributed by atoms with van der Waals surface area (Å²) in [6, 6.07) is 19.9. The summed E-state index contributed by atoms with van der Waals surface area (Å²) in [5.74, 6) is 1.31. The fourth-order valence-electron chi connectivity index (χ4n) is 2.42. The third-order valence-electron chi connectivity index (χ3n) is 3.54. The molecule has 0 spiro atoms. The van der Waals surface area contributed by atoms with E-state index >= 15 is 0 Å². The van der Waals surface area contributed by atoms with Gasteiger partial charge in [0.05, 0.1) is 0 Å². The molecule has 1 heterocycles. The first-order valence-corrected chi connectivity index (χ1v) is 7.54. The molecule has 0 atom stereocenters. The number of nitrogen functional groups attached to an aromatic ring is 1. The van der Waals surface area contributed by atoms with Crippen LogP contribution in [-0.4, -0.2) is 16.5 Å². The minimum absolute atomic E-state index is 0.530. The molecule has 0 fully saturated rings. The lowest BCUT2D eigenvalue weighted by Crippen LogP contribution is -2.19. The maximum atomic E-state index is 6.32. The summed E-state index contributed by atoms with van der Waals surface area (Å²) < 4.78 is 0. The average molecular weight is 305 g/mol. The summed E-state index contributed by atoms with van der Waals surface area (Å²) >= 11 is 0. The Hall–Kier alpha value is -3.08. The van der Waals surface area contributed by atoms with E-state index < -0.39 is 0 Å². The van der Waals surface area contributed by atoms with E-state index in [-0.39, 0.29) is 0 Å². The van der Waals surface area contributed by atoms with Gasteiger partial charge in [0.15, 0.2) is 11.6 Å². The number of para-hydroxylation sites is 2. The van der Waals surface area contributed by atoms with E-state index in [2.05, 4.69) is 27.1 Å². The summed E-state index contributed by atoms with van der Waals surface area (Å²) in [6.45, 7) is 2.83. The van der Waals surface area contributed by atoms with Gasteiger partial charge in [-0.15, -0.1) is 0 Å². The second kappa shape index (κ2) is 6.79. The van der Waals surface area contributed by atoms with Gasteiger partial charge >= 0.3 is 0 Å². The quantitative estimate of drug-likeness (QED) is 0.747.